The van der Waals surface area contributed by atoms with Crippen LogP contribution in [0.25, 0.3) is 0 Å². The molecule has 0 aliphatic heterocycles. The third kappa shape index (κ3) is 16.7. The summed E-state index contributed by atoms with van der Waals surface area (Å²) in [4.78, 5) is 102. The Morgan fingerprint density at radius 2 is 1.44 bits per heavy atom. The minimum absolute atomic E-state index is 0.0217. The van der Waals surface area contributed by atoms with Crippen molar-refractivity contribution in [2.45, 2.75) is 90.6 Å². The number of aliphatic carboxylic acids is 1. The fourth-order valence-electron chi connectivity index (χ4n) is 4.98. The zero-order chi connectivity index (χ0) is 40.0. The number of hydroxylamine groups is 2. The molecule has 0 fully saturated rings. The summed E-state index contributed by atoms with van der Waals surface area (Å²) < 4.78 is 10.1. The first-order chi connectivity index (χ1) is 25.7. The number of unbranched alkanes of at least 4 members (excludes halogenated alkanes) is 3. The molecule has 1 unspecified atom stereocenters. The summed E-state index contributed by atoms with van der Waals surface area (Å²) in [7, 11) is 0. The summed E-state index contributed by atoms with van der Waals surface area (Å²) in [5.74, 6) is -5.38. The number of carboxylic acid groups (broad SMARTS) is 1. The van der Waals surface area contributed by atoms with Gasteiger partial charge in [-0.05, 0) is 69.2 Å². The summed E-state index contributed by atoms with van der Waals surface area (Å²) in [5.41, 5.74) is 6.27. The van der Waals surface area contributed by atoms with E-state index in [1.807, 2.05) is 0 Å². The third-order valence-electron chi connectivity index (χ3n) is 7.71. The molecule has 2 aromatic carbocycles. The molecule has 2 rings (SSSR count). The quantitative estimate of drug-likeness (QED) is 0.0502. The number of carbonyl (C=O) groups is 8. The molecule has 4 amide bonds. The lowest BCUT2D eigenvalue weighted by Gasteiger charge is -2.19. The maximum Gasteiger partial charge on any atom is 0.363 e. The van der Waals surface area contributed by atoms with Gasteiger partial charge in [-0.25, -0.2) is 9.59 Å². The molecule has 0 aliphatic carbocycles. The standard InChI is InChI=1S/C37H49N5O12/c1-24(43)42(54-37(51)27-14-6-4-7-15-27)23-11-5-8-20-32(46)41-30(36(49)50)18-9-10-21-40-35(48)29(38)17-13-22-39-34(47)28-16-12-19-31(52-25(2)44)33(28)53-26(3)45/h4,6-7,12,14-16,19,29-30H,5,8-11,13,17-18,20-23,38H2,1-3H3,(H,39,47)(H,40,48)(H,41,46)(H,49,50)/t29?,30-/m1/s1. The van der Waals surface area contributed by atoms with E-state index >= 15 is 0 Å². The van der Waals surface area contributed by atoms with Gasteiger partial charge in [0.25, 0.3) is 11.8 Å². The van der Waals surface area contributed by atoms with Gasteiger partial charge in [-0.1, -0.05) is 30.7 Å². The predicted molar refractivity (Wildman–Crippen MR) is 193 cm³/mol. The smallest absolute Gasteiger partial charge is 0.363 e. The van der Waals surface area contributed by atoms with Crippen LogP contribution in [-0.4, -0.2) is 89.4 Å². The molecule has 0 radical (unpaired) electrons. The van der Waals surface area contributed by atoms with Crippen LogP contribution in [0.2, 0.25) is 0 Å². The number of carbonyl (C=O) groups excluding carboxylic acids is 7. The van der Waals surface area contributed by atoms with Crippen molar-refractivity contribution in [3.05, 3.63) is 59.7 Å². The van der Waals surface area contributed by atoms with Crippen LogP contribution in [0.15, 0.2) is 48.5 Å². The van der Waals surface area contributed by atoms with Gasteiger partial charge in [-0.2, -0.15) is 5.06 Å². The van der Waals surface area contributed by atoms with Crippen LogP contribution in [0.1, 0.15) is 99.3 Å². The van der Waals surface area contributed by atoms with Crippen LogP contribution in [0.5, 0.6) is 11.5 Å². The minimum atomic E-state index is -1.18. The van der Waals surface area contributed by atoms with Crippen LogP contribution < -0.4 is 31.2 Å². The number of amides is 4. The van der Waals surface area contributed by atoms with Crippen molar-refractivity contribution in [1.82, 2.24) is 21.0 Å². The largest absolute Gasteiger partial charge is 0.480 e. The average molecular weight is 756 g/mol. The van der Waals surface area contributed by atoms with E-state index in [9.17, 15) is 43.5 Å². The highest BCUT2D eigenvalue weighted by Crippen LogP contribution is 2.31. The van der Waals surface area contributed by atoms with Crippen molar-refractivity contribution in [1.29, 1.82) is 0 Å². The van der Waals surface area contributed by atoms with Gasteiger partial charge >= 0.3 is 23.9 Å². The molecule has 6 N–H and O–H groups in total. The molecule has 17 heteroatoms. The van der Waals surface area contributed by atoms with Crippen LogP contribution in [0.4, 0.5) is 0 Å². The molecular weight excluding hydrogens is 706 g/mol. The SMILES string of the molecule is CC(=O)Oc1cccc(C(=O)NCCCC(N)C(=O)NCCCC[C@@H](NC(=O)CCCCCN(OC(=O)c2ccccc2)C(C)=O)C(=O)O)c1OC(C)=O. The number of hydrogen-bond acceptors (Lipinski definition) is 12. The number of rotatable bonds is 22. The van der Waals surface area contributed by atoms with Gasteiger partial charge in [0.05, 0.1) is 23.7 Å². The number of nitrogens with zero attached hydrogens (tertiary/aromatic N) is 1. The lowest BCUT2D eigenvalue weighted by atomic mass is 10.1. The molecular formula is C37H49N5O12. The maximum atomic E-state index is 12.8. The van der Waals surface area contributed by atoms with Crippen LogP contribution in [0.3, 0.4) is 0 Å². The molecule has 0 bridgehead atoms. The Morgan fingerprint density at radius 3 is 2.09 bits per heavy atom. The Kier molecular flexibility index (Phi) is 19.4. The molecule has 0 aromatic heterocycles. The van der Waals surface area contributed by atoms with Crippen molar-refractivity contribution < 1.29 is 57.8 Å². The van der Waals surface area contributed by atoms with Gasteiger partial charge in [-0.15, -0.1) is 0 Å². The molecule has 0 saturated carbocycles. The molecule has 54 heavy (non-hydrogen) atoms. The first-order valence-corrected chi connectivity index (χ1v) is 17.6. The Hall–Kier alpha value is -5.84. The van der Waals surface area contributed by atoms with Crippen LogP contribution in [-0.2, 0) is 33.6 Å². The third-order valence-corrected chi connectivity index (χ3v) is 7.71. The lowest BCUT2D eigenvalue weighted by molar-refractivity contribution is -0.165. The van der Waals surface area contributed by atoms with Crippen molar-refractivity contribution in [3.63, 3.8) is 0 Å². The van der Waals surface area contributed by atoms with Crippen molar-refractivity contribution in [2.75, 3.05) is 19.6 Å². The number of hydrogen-bond donors (Lipinski definition) is 5. The summed E-state index contributed by atoms with van der Waals surface area (Å²) in [6.45, 7) is 4.11. The topological polar surface area (TPSA) is 250 Å². The summed E-state index contributed by atoms with van der Waals surface area (Å²) >= 11 is 0. The maximum absolute atomic E-state index is 12.8. The first kappa shape index (κ1) is 44.3. The zero-order valence-electron chi connectivity index (χ0n) is 30.7. The Bertz CT molecular complexity index is 1620. The highest BCUT2D eigenvalue weighted by atomic mass is 16.7. The van der Waals surface area contributed by atoms with Gasteiger partial charge in [0.2, 0.25) is 11.8 Å². The predicted octanol–water partition coefficient (Wildman–Crippen LogP) is 2.41. The van der Waals surface area contributed by atoms with Crippen molar-refractivity contribution >= 4 is 47.5 Å². The number of para-hydroxylation sites is 1. The van der Waals surface area contributed by atoms with E-state index in [1.54, 1.807) is 30.3 Å². The molecule has 2 aromatic rings. The Labute approximate surface area is 313 Å². The number of nitrogens with one attached hydrogen (secondary N) is 3. The molecule has 0 heterocycles. The zero-order valence-corrected chi connectivity index (χ0v) is 30.7. The monoisotopic (exact) mass is 755 g/mol. The normalized spacial score (nSPS) is 11.6. The van der Waals surface area contributed by atoms with E-state index < -0.39 is 59.6 Å². The minimum Gasteiger partial charge on any atom is -0.480 e. The average Bonchev–Trinajstić information content (AvgIpc) is 3.12. The Balaban J connectivity index is 1.64. The number of ether oxygens (including phenoxy) is 2. The fourth-order valence-corrected chi connectivity index (χ4v) is 4.98. The number of nitrogens with two attached hydrogens (primary N) is 1. The molecule has 0 saturated heterocycles. The molecule has 17 nitrogen and oxygen atoms in total. The van der Waals surface area contributed by atoms with E-state index in [0.29, 0.717) is 44.1 Å². The highest BCUT2D eigenvalue weighted by Gasteiger charge is 2.22. The first-order valence-electron chi connectivity index (χ1n) is 17.6. The molecule has 2 atom stereocenters. The number of esters is 2. The summed E-state index contributed by atoms with van der Waals surface area (Å²) in [6.07, 6.45) is 3.04. The fraction of sp³-hybridized carbons (Fsp3) is 0.459. The van der Waals surface area contributed by atoms with Gasteiger partial charge < -0.3 is 41.1 Å². The highest BCUT2D eigenvalue weighted by molar-refractivity contribution is 5.99. The second-order valence-corrected chi connectivity index (χ2v) is 12.2. The second kappa shape index (κ2) is 23.7. The second-order valence-electron chi connectivity index (χ2n) is 12.2. The van der Waals surface area contributed by atoms with E-state index in [-0.39, 0.29) is 56.0 Å². The van der Waals surface area contributed by atoms with E-state index in [2.05, 4.69) is 16.0 Å². The lowest BCUT2D eigenvalue weighted by Crippen LogP contribution is -2.42. The van der Waals surface area contributed by atoms with Crippen molar-refractivity contribution in [3.8, 4) is 11.5 Å². The molecule has 0 aliphatic rings. The van der Waals surface area contributed by atoms with Crippen LogP contribution >= 0.6 is 0 Å². The van der Waals surface area contributed by atoms with E-state index in [0.717, 1.165) is 12.0 Å². The summed E-state index contributed by atoms with van der Waals surface area (Å²) in [6, 6.07) is 10.5. The van der Waals surface area contributed by atoms with Crippen LogP contribution in [0, 0.1) is 0 Å². The molecule has 0 spiro atoms. The summed E-state index contributed by atoms with van der Waals surface area (Å²) in [5, 5.41) is 18.4. The van der Waals surface area contributed by atoms with Gasteiger partial charge in [-0.3, -0.25) is 28.8 Å². The number of carboxylic acids is 1. The van der Waals surface area contributed by atoms with Crippen molar-refractivity contribution in [2.24, 2.45) is 5.73 Å². The van der Waals surface area contributed by atoms with E-state index in [1.165, 1.54) is 32.0 Å². The molecule has 294 valence electrons. The van der Waals surface area contributed by atoms with Gasteiger partial charge in [0.15, 0.2) is 11.5 Å². The van der Waals surface area contributed by atoms with E-state index in [4.69, 9.17) is 20.0 Å². The Morgan fingerprint density at radius 1 is 0.759 bits per heavy atom. The number of benzene rings is 2. The van der Waals surface area contributed by atoms with Gasteiger partial charge in [0, 0.05) is 40.3 Å². The van der Waals surface area contributed by atoms with Gasteiger partial charge in [0.1, 0.15) is 6.04 Å².